The van der Waals surface area contributed by atoms with E-state index in [1.807, 2.05) is 0 Å². The van der Waals surface area contributed by atoms with Gasteiger partial charge in [-0.3, -0.25) is 9.79 Å². The van der Waals surface area contributed by atoms with Crippen molar-refractivity contribution >= 4 is 15.6 Å². The van der Waals surface area contributed by atoms with E-state index in [4.69, 9.17) is 28.3 Å². The molecule has 0 aliphatic carbocycles. The van der Waals surface area contributed by atoms with Crippen LogP contribution in [0.25, 0.3) is 0 Å². The van der Waals surface area contributed by atoms with Gasteiger partial charge in [0, 0.05) is 6.07 Å². The van der Waals surface area contributed by atoms with Crippen LogP contribution in [0.3, 0.4) is 0 Å². The number of rotatable bonds is 8. The molecule has 0 atom stereocenters. The highest BCUT2D eigenvalue weighted by molar-refractivity contribution is 7.48. The molecule has 5 rings (SSSR count). The van der Waals surface area contributed by atoms with Crippen molar-refractivity contribution in [2.75, 3.05) is 0 Å². The van der Waals surface area contributed by atoms with E-state index in [1.165, 1.54) is 18.2 Å². The van der Waals surface area contributed by atoms with Gasteiger partial charge in [0.1, 0.15) is 34.5 Å². The molecule has 4 N–H and O–H groups in total. The third-order valence-electron chi connectivity index (χ3n) is 4.69. The van der Waals surface area contributed by atoms with Gasteiger partial charge < -0.3 is 28.3 Å². The van der Waals surface area contributed by atoms with Gasteiger partial charge in [-0.1, -0.05) is 78.9 Å². The minimum atomic E-state index is -4.14. The quantitative estimate of drug-likeness (QED) is 0.129. The van der Waals surface area contributed by atoms with Crippen LogP contribution in [-0.4, -0.2) is 20.0 Å². The topological polar surface area (TPSA) is 152 Å². The van der Waals surface area contributed by atoms with Gasteiger partial charge in [0.15, 0.2) is 0 Å². The smallest absolute Gasteiger partial charge is 0.508 e. The lowest BCUT2D eigenvalue weighted by Gasteiger charge is -2.13. The van der Waals surface area contributed by atoms with E-state index in [0.29, 0.717) is 0 Å². The lowest BCUT2D eigenvalue weighted by atomic mass is 10.3. The SMILES string of the molecule is O=P(O)(Oc1ccccc1)Oc1ccccc1.O=P(O)(Oc1ccccc1)Oc1ccccc1.Oc1cccc(O)c1. The molecule has 0 heterocycles. The summed E-state index contributed by atoms with van der Waals surface area (Å²) in [6.07, 6.45) is 0. The Morgan fingerprint density at radius 3 is 0.810 bits per heavy atom. The maximum atomic E-state index is 11.7. The van der Waals surface area contributed by atoms with E-state index in [2.05, 4.69) is 0 Å². The number of phosphoric ester groups is 2. The number of hydrogen-bond acceptors (Lipinski definition) is 8. The highest BCUT2D eigenvalue weighted by Gasteiger charge is 2.25. The first kappa shape index (κ1) is 31.8. The largest absolute Gasteiger partial charge is 0.584 e. The summed E-state index contributed by atoms with van der Waals surface area (Å²) in [5, 5.41) is 17.3. The van der Waals surface area contributed by atoms with Crippen molar-refractivity contribution in [2.45, 2.75) is 0 Å². The number of phenolic OH excluding ortho intramolecular Hbond substituents is 2. The molecule has 0 fully saturated rings. The first-order chi connectivity index (χ1) is 20.1. The molecule has 0 saturated carbocycles. The summed E-state index contributed by atoms with van der Waals surface area (Å²) >= 11 is 0. The van der Waals surface area contributed by atoms with Crippen LogP contribution in [0, 0.1) is 0 Å². The van der Waals surface area contributed by atoms with Crippen molar-refractivity contribution in [3.05, 3.63) is 146 Å². The Kier molecular flexibility index (Phi) is 12.0. The summed E-state index contributed by atoms with van der Waals surface area (Å²) < 4.78 is 42.9. The van der Waals surface area contributed by atoms with Gasteiger partial charge in [-0.05, 0) is 60.7 Å². The normalized spacial score (nSPS) is 10.5. The molecule has 5 aromatic carbocycles. The fraction of sp³-hybridized carbons (Fsp3) is 0. The molecule has 0 bridgehead atoms. The van der Waals surface area contributed by atoms with Crippen molar-refractivity contribution in [3.8, 4) is 34.5 Å². The molecular weight excluding hydrogens is 582 g/mol. The van der Waals surface area contributed by atoms with Gasteiger partial charge in [-0.25, -0.2) is 9.13 Å². The van der Waals surface area contributed by atoms with E-state index in [0.717, 1.165) is 0 Å². The zero-order chi connectivity index (χ0) is 30.3. The van der Waals surface area contributed by atoms with Crippen molar-refractivity contribution in [1.82, 2.24) is 0 Å². The summed E-state index contributed by atoms with van der Waals surface area (Å²) in [6, 6.07) is 39.3. The molecule has 0 aromatic heterocycles. The van der Waals surface area contributed by atoms with E-state index < -0.39 is 15.6 Å². The van der Waals surface area contributed by atoms with E-state index in [-0.39, 0.29) is 34.5 Å². The van der Waals surface area contributed by atoms with Crippen LogP contribution in [0.5, 0.6) is 34.5 Å². The van der Waals surface area contributed by atoms with Crippen LogP contribution < -0.4 is 18.1 Å². The molecule has 10 nitrogen and oxygen atoms in total. The summed E-state index contributed by atoms with van der Waals surface area (Å²) in [6.45, 7) is 0. The van der Waals surface area contributed by atoms with Crippen molar-refractivity contribution in [3.63, 3.8) is 0 Å². The molecular formula is C30H28O10P2. The van der Waals surface area contributed by atoms with Crippen LogP contribution in [-0.2, 0) is 9.13 Å². The fourth-order valence-electron chi connectivity index (χ4n) is 2.99. The van der Waals surface area contributed by atoms with Gasteiger partial charge >= 0.3 is 15.6 Å². The third kappa shape index (κ3) is 12.6. The van der Waals surface area contributed by atoms with Gasteiger partial charge in [0.25, 0.3) is 0 Å². The first-order valence-corrected chi connectivity index (χ1v) is 15.2. The van der Waals surface area contributed by atoms with Crippen molar-refractivity contribution in [2.24, 2.45) is 0 Å². The molecule has 0 amide bonds. The Labute approximate surface area is 242 Å². The number of phenols is 2. The lowest BCUT2D eigenvalue weighted by Crippen LogP contribution is -1.99. The van der Waals surface area contributed by atoms with Crippen LogP contribution >= 0.6 is 15.6 Å². The Morgan fingerprint density at radius 2 is 0.619 bits per heavy atom. The lowest BCUT2D eigenvalue weighted by molar-refractivity contribution is 0.289. The minimum Gasteiger partial charge on any atom is -0.508 e. The summed E-state index contributed by atoms with van der Waals surface area (Å²) in [5.41, 5.74) is 0. The van der Waals surface area contributed by atoms with Crippen LogP contribution in [0.15, 0.2) is 146 Å². The van der Waals surface area contributed by atoms with Gasteiger partial charge in [0.2, 0.25) is 0 Å². The average molecular weight is 610 g/mol. The zero-order valence-corrected chi connectivity index (χ0v) is 23.8. The molecule has 0 unspecified atom stereocenters. The maximum Gasteiger partial charge on any atom is 0.584 e. The molecule has 5 aromatic rings. The second-order valence-electron chi connectivity index (χ2n) is 8.07. The Hall–Kier alpha value is -4.72. The van der Waals surface area contributed by atoms with E-state index in [9.17, 15) is 18.9 Å². The summed E-state index contributed by atoms with van der Waals surface area (Å²) in [4.78, 5) is 19.1. The van der Waals surface area contributed by atoms with Gasteiger partial charge in [-0.15, -0.1) is 0 Å². The number of benzene rings is 5. The molecule has 218 valence electrons. The van der Waals surface area contributed by atoms with E-state index >= 15 is 0 Å². The zero-order valence-electron chi connectivity index (χ0n) is 22.0. The first-order valence-electron chi connectivity index (χ1n) is 12.2. The number of phosphoric acid groups is 2. The molecule has 0 aliphatic rings. The monoisotopic (exact) mass is 610 g/mol. The minimum absolute atomic E-state index is 0.0880. The molecule has 0 aliphatic heterocycles. The Balaban J connectivity index is 0.000000184. The van der Waals surface area contributed by atoms with Crippen LogP contribution in [0.1, 0.15) is 0 Å². The summed E-state index contributed by atoms with van der Waals surface area (Å²) in [5.74, 6) is 1.32. The molecule has 12 heteroatoms. The second kappa shape index (κ2) is 15.9. The predicted molar refractivity (Wildman–Crippen MR) is 158 cm³/mol. The fourth-order valence-corrected chi connectivity index (χ4v) is 4.62. The predicted octanol–water partition coefficient (Wildman–Crippen LogP) is 7.59. The maximum absolute atomic E-state index is 11.7. The third-order valence-corrected chi connectivity index (χ3v) is 6.45. The van der Waals surface area contributed by atoms with Crippen LogP contribution in [0.4, 0.5) is 0 Å². The number of hydrogen-bond donors (Lipinski definition) is 4. The Morgan fingerprint density at radius 1 is 0.381 bits per heavy atom. The Bertz CT molecular complexity index is 1360. The molecule has 0 saturated heterocycles. The van der Waals surface area contributed by atoms with E-state index in [1.54, 1.807) is 127 Å². The highest BCUT2D eigenvalue weighted by atomic mass is 31.2. The highest BCUT2D eigenvalue weighted by Crippen LogP contribution is 2.45. The molecule has 42 heavy (non-hydrogen) atoms. The summed E-state index contributed by atoms with van der Waals surface area (Å²) in [7, 11) is -8.27. The van der Waals surface area contributed by atoms with Gasteiger partial charge in [0.05, 0.1) is 0 Å². The van der Waals surface area contributed by atoms with Crippen molar-refractivity contribution < 1.29 is 47.2 Å². The van der Waals surface area contributed by atoms with Crippen LogP contribution in [0.2, 0.25) is 0 Å². The van der Waals surface area contributed by atoms with Gasteiger partial charge in [-0.2, -0.15) is 0 Å². The standard InChI is InChI=1S/2C12H11O4P.C6H6O2/c2*13-17(14,15-11-7-3-1-4-8-11)16-12-9-5-2-6-10-12;7-5-2-1-3-6(8)4-5/h2*1-10H,(H,13,14);1-4,7-8H. The molecule has 0 radical (unpaired) electrons. The second-order valence-corrected chi connectivity index (χ2v) is 10.7. The molecule has 0 spiro atoms. The number of aromatic hydroxyl groups is 2. The number of para-hydroxylation sites is 4. The van der Waals surface area contributed by atoms with Crippen molar-refractivity contribution in [1.29, 1.82) is 0 Å². The average Bonchev–Trinajstić information content (AvgIpc) is 2.95.